The van der Waals surface area contributed by atoms with E-state index >= 15 is 0 Å². The Balaban J connectivity index is 1.52. The summed E-state index contributed by atoms with van der Waals surface area (Å²) in [5, 5.41) is 2.98. The Bertz CT molecular complexity index is 676. The lowest BCUT2D eigenvalue weighted by Gasteiger charge is -2.39. The fourth-order valence-electron chi connectivity index (χ4n) is 4.41. The summed E-state index contributed by atoms with van der Waals surface area (Å²) in [6, 6.07) is 7.69. The Morgan fingerprint density at radius 2 is 2.07 bits per heavy atom. The molecule has 0 unspecified atom stereocenters. The Labute approximate surface area is 161 Å². The van der Waals surface area contributed by atoms with E-state index in [0.717, 1.165) is 56.6 Å². The van der Waals surface area contributed by atoms with Crippen molar-refractivity contribution in [2.45, 2.75) is 39.2 Å². The van der Waals surface area contributed by atoms with Crippen molar-refractivity contribution in [3.63, 3.8) is 0 Å². The van der Waals surface area contributed by atoms with E-state index in [1.165, 1.54) is 0 Å². The normalized spacial score (nSPS) is 23.0. The van der Waals surface area contributed by atoms with E-state index in [1.54, 1.807) is 7.11 Å². The molecular weight excluding hydrogens is 342 g/mol. The number of nitrogens with one attached hydrogen (secondary N) is 1. The second-order valence-electron chi connectivity index (χ2n) is 7.73. The summed E-state index contributed by atoms with van der Waals surface area (Å²) in [5.41, 5.74) is 0.694. The topological polar surface area (TPSA) is 61.9 Å². The van der Waals surface area contributed by atoms with Gasteiger partial charge in [-0.05, 0) is 38.3 Å². The first-order chi connectivity index (χ1) is 13.1. The zero-order valence-electron chi connectivity index (χ0n) is 16.5. The number of hydrogen-bond acceptors (Lipinski definition) is 4. The molecule has 2 aliphatic rings. The molecule has 2 fully saturated rings. The molecule has 1 atom stereocenters. The summed E-state index contributed by atoms with van der Waals surface area (Å²) in [4.78, 5) is 29.5. The summed E-state index contributed by atoms with van der Waals surface area (Å²) < 4.78 is 5.32. The van der Waals surface area contributed by atoms with Gasteiger partial charge in [-0.3, -0.25) is 14.5 Å². The fourth-order valence-corrected chi connectivity index (χ4v) is 4.41. The molecule has 1 N–H and O–H groups in total. The molecular formula is C21H31N3O3. The summed E-state index contributed by atoms with van der Waals surface area (Å²) >= 11 is 0. The van der Waals surface area contributed by atoms with Crippen LogP contribution in [0.25, 0.3) is 0 Å². The summed E-state index contributed by atoms with van der Waals surface area (Å²) in [5.74, 6) is 1.07. The first kappa shape index (κ1) is 19.7. The molecule has 6 heteroatoms. The van der Waals surface area contributed by atoms with Gasteiger partial charge < -0.3 is 15.0 Å². The minimum absolute atomic E-state index is 0.00775. The molecule has 1 spiro atoms. The number of carbonyl (C=O) groups is 2. The highest BCUT2D eigenvalue weighted by Crippen LogP contribution is 2.39. The van der Waals surface area contributed by atoms with Gasteiger partial charge in [0.2, 0.25) is 11.8 Å². The third kappa shape index (κ3) is 4.43. The van der Waals surface area contributed by atoms with Crippen LogP contribution in [-0.4, -0.2) is 61.4 Å². The Morgan fingerprint density at radius 3 is 2.85 bits per heavy atom. The first-order valence-corrected chi connectivity index (χ1v) is 9.98. The van der Waals surface area contributed by atoms with E-state index in [9.17, 15) is 9.59 Å². The lowest BCUT2D eigenvalue weighted by atomic mass is 9.78. The van der Waals surface area contributed by atoms with Crippen LogP contribution in [0.3, 0.4) is 0 Å². The zero-order chi connectivity index (χ0) is 19.3. The molecule has 0 aromatic heterocycles. The molecule has 1 aromatic carbocycles. The van der Waals surface area contributed by atoms with E-state index in [0.29, 0.717) is 25.5 Å². The van der Waals surface area contributed by atoms with Crippen LogP contribution in [0.5, 0.6) is 5.75 Å². The molecule has 0 saturated carbocycles. The van der Waals surface area contributed by atoms with E-state index in [1.807, 2.05) is 29.2 Å². The number of para-hydroxylation sites is 1. The number of likely N-dealkylation sites (tertiary alicyclic amines) is 2. The lowest BCUT2D eigenvalue weighted by molar-refractivity contribution is -0.145. The van der Waals surface area contributed by atoms with Crippen molar-refractivity contribution in [2.24, 2.45) is 5.41 Å². The summed E-state index contributed by atoms with van der Waals surface area (Å²) in [7, 11) is 1.63. The Morgan fingerprint density at radius 1 is 1.26 bits per heavy atom. The summed E-state index contributed by atoms with van der Waals surface area (Å²) in [6.45, 7) is 6.15. The van der Waals surface area contributed by atoms with E-state index in [4.69, 9.17) is 4.74 Å². The highest BCUT2D eigenvalue weighted by molar-refractivity contribution is 5.84. The number of nitrogens with zero attached hydrogens (tertiary/aromatic N) is 2. The van der Waals surface area contributed by atoms with Gasteiger partial charge in [-0.1, -0.05) is 25.1 Å². The molecule has 6 nitrogen and oxygen atoms in total. The van der Waals surface area contributed by atoms with Crippen molar-refractivity contribution in [1.82, 2.24) is 15.1 Å². The van der Waals surface area contributed by atoms with Gasteiger partial charge in [0.05, 0.1) is 19.1 Å². The van der Waals surface area contributed by atoms with Crippen molar-refractivity contribution in [3.8, 4) is 5.75 Å². The molecule has 0 radical (unpaired) electrons. The van der Waals surface area contributed by atoms with Gasteiger partial charge in [0.15, 0.2) is 0 Å². The standard InChI is InChI=1S/C21H31N3O3/c1-3-11-24-12-6-9-21(20(24)26)10-13-23(16-21)15-19(25)22-14-17-7-4-5-8-18(17)27-2/h4-5,7-8H,3,6,9-16H2,1-2H3,(H,22,25)/t21-/m1/s1. The fraction of sp³-hybridized carbons (Fsp3) is 0.619. The van der Waals surface area contributed by atoms with E-state index in [-0.39, 0.29) is 11.3 Å². The van der Waals surface area contributed by atoms with Gasteiger partial charge >= 0.3 is 0 Å². The van der Waals surface area contributed by atoms with Crippen molar-refractivity contribution < 1.29 is 14.3 Å². The molecule has 0 bridgehead atoms. The first-order valence-electron chi connectivity index (χ1n) is 9.98. The van der Waals surface area contributed by atoms with Crippen molar-refractivity contribution in [2.75, 3.05) is 39.8 Å². The smallest absolute Gasteiger partial charge is 0.234 e. The van der Waals surface area contributed by atoms with E-state index in [2.05, 4.69) is 17.1 Å². The highest BCUT2D eigenvalue weighted by atomic mass is 16.5. The van der Waals surface area contributed by atoms with Gasteiger partial charge in [-0.15, -0.1) is 0 Å². The van der Waals surface area contributed by atoms with Gasteiger partial charge in [0, 0.05) is 31.7 Å². The average molecular weight is 373 g/mol. The van der Waals surface area contributed by atoms with Crippen LogP contribution in [0.2, 0.25) is 0 Å². The molecule has 1 aromatic rings. The number of methoxy groups -OCH3 is 1. The van der Waals surface area contributed by atoms with Crippen molar-refractivity contribution in [1.29, 1.82) is 0 Å². The third-order valence-electron chi connectivity index (χ3n) is 5.79. The molecule has 3 rings (SSSR count). The van der Waals surface area contributed by atoms with Crippen LogP contribution >= 0.6 is 0 Å². The van der Waals surface area contributed by atoms with Gasteiger partial charge in [-0.2, -0.15) is 0 Å². The van der Waals surface area contributed by atoms with Crippen molar-refractivity contribution in [3.05, 3.63) is 29.8 Å². The van der Waals surface area contributed by atoms with Crippen LogP contribution in [0.4, 0.5) is 0 Å². The number of ether oxygens (including phenoxy) is 1. The molecule has 2 heterocycles. The number of hydrogen-bond donors (Lipinski definition) is 1. The molecule has 2 amide bonds. The van der Waals surface area contributed by atoms with Gasteiger partial charge in [-0.25, -0.2) is 0 Å². The Hall–Kier alpha value is -2.08. The lowest BCUT2D eigenvalue weighted by Crippen LogP contribution is -2.50. The predicted molar refractivity (Wildman–Crippen MR) is 104 cm³/mol. The number of rotatable bonds is 7. The minimum atomic E-state index is -0.268. The Kier molecular flexibility index (Phi) is 6.37. The van der Waals surface area contributed by atoms with Gasteiger partial charge in [0.25, 0.3) is 0 Å². The van der Waals surface area contributed by atoms with Crippen molar-refractivity contribution >= 4 is 11.8 Å². The quantitative estimate of drug-likeness (QED) is 0.795. The average Bonchev–Trinajstić information content (AvgIpc) is 3.07. The molecule has 2 saturated heterocycles. The number of benzene rings is 1. The number of carbonyl (C=O) groups excluding carboxylic acids is 2. The SMILES string of the molecule is CCCN1CCC[C@]2(CCN(CC(=O)NCc3ccccc3OC)C2)C1=O. The predicted octanol–water partition coefficient (Wildman–Crippen LogP) is 2.04. The molecule has 27 heavy (non-hydrogen) atoms. The monoisotopic (exact) mass is 373 g/mol. The maximum Gasteiger partial charge on any atom is 0.234 e. The third-order valence-corrected chi connectivity index (χ3v) is 5.79. The molecule has 2 aliphatic heterocycles. The largest absolute Gasteiger partial charge is 0.496 e. The maximum absolute atomic E-state index is 12.9. The highest BCUT2D eigenvalue weighted by Gasteiger charge is 2.48. The molecule has 148 valence electrons. The minimum Gasteiger partial charge on any atom is -0.496 e. The molecule has 0 aliphatic carbocycles. The van der Waals surface area contributed by atoms with Crippen LogP contribution < -0.4 is 10.1 Å². The zero-order valence-corrected chi connectivity index (χ0v) is 16.5. The van der Waals surface area contributed by atoms with Crippen LogP contribution in [0.15, 0.2) is 24.3 Å². The maximum atomic E-state index is 12.9. The van der Waals surface area contributed by atoms with Gasteiger partial charge in [0.1, 0.15) is 5.75 Å². The number of piperidine rings is 1. The van der Waals surface area contributed by atoms with Crippen LogP contribution in [0.1, 0.15) is 38.2 Å². The van der Waals surface area contributed by atoms with Crippen LogP contribution in [-0.2, 0) is 16.1 Å². The van der Waals surface area contributed by atoms with E-state index < -0.39 is 0 Å². The van der Waals surface area contributed by atoms with Crippen LogP contribution in [0, 0.1) is 5.41 Å². The second-order valence-corrected chi connectivity index (χ2v) is 7.73. The second kappa shape index (κ2) is 8.74. The summed E-state index contributed by atoms with van der Waals surface area (Å²) in [6.07, 6.45) is 3.88. The number of amides is 2.